The Labute approximate surface area is 449 Å². The van der Waals surface area contributed by atoms with Crippen molar-refractivity contribution >= 4 is 59.1 Å². The third-order valence-electron chi connectivity index (χ3n) is 16.0. The van der Waals surface area contributed by atoms with Gasteiger partial charge in [0.1, 0.15) is 5.75 Å². The summed E-state index contributed by atoms with van der Waals surface area (Å²) in [6, 6.07) is 91.5. The van der Waals surface area contributed by atoms with Gasteiger partial charge in [-0.1, -0.05) is 209 Å². The SMILES string of the molecule is C=Cc1ccc(OCC[Si](C)(C)CCCC2(c3ccccc3)c3ccccc3-c3ccc(N(c4ccccc4)c4ccc(-c5ccc6c(c5)c5cc(-c7ccc(C=C)cc7)ccc5n6-c5ccccc5)cc4)cc32)cc1. The molecule has 1 unspecified atom stereocenters. The number of ether oxygens (including phenoxy) is 1. The molecule has 1 aliphatic rings. The van der Waals surface area contributed by atoms with Crippen molar-refractivity contribution in [2.24, 2.45) is 0 Å². The quantitative estimate of drug-likeness (QED) is 0.0846. The van der Waals surface area contributed by atoms with Crippen LogP contribution < -0.4 is 9.64 Å². The number of fused-ring (bicyclic) bond motifs is 6. The van der Waals surface area contributed by atoms with Crippen LogP contribution in [0.15, 0.2) is 256 Å². The van der Waals surface area contributed by atoms with Gasteiger partial charge < -0.3 is 14.2 Å². The lowest BCUT2D eigenvalue weighted by Gasteiger charge is -2.35. The highest BCUT2D eigenvalue weighted by Crippen LogP contribution is 2.56. The highest BCUT2D eigenvalue weighted by atomic mass is 28.3. The molecule has 3 nitrogen and oxygen atoms in total. The van der Waals surface area contributed by atoms with Crippen LogP contribution in [0.3, 0.4) is 0 Å². The van der Waals surface area contributed by atoms with E-state index in [0.717, 1.165) is 65.1 Å². The zero-order valence-electron chi connectivity index (χ0n) is 43.5. The average molecular weight is 999 g/mol. The van der Waals surface area contributed by atoms with Crippen molar-refractivity contribution in [3.63, 3.8) is 0 Å². The van der Waals surface area contributed by atoms with Gasteiger partial charge in [0.25, 0.3) is 0 Å². The first kappa shape index (κ1) is 48.2. The molecule has 1 aromatic heterocycles. The summed E-state index contributed by atoms with van der Waals surface area (Å²) in [5, 5.41) is 2.45. The number of anilines is 3. The van der Waals surface area contributed by atoms with Crippen molar-refractivity contribution in [3.8, 4) is 44.8 Å². The molecule has 12 rings (SSSR count). The van der Waals surface area contributed by atoms with Crippen molar-refractivity contribution < 1.29 is 4.74 Å². The third-order valence-corrected chi connectivity index (χ3v) is 19.2. The number of para-hydroxylation sites is 2. The maximum Gasteiger partial charge on any atom is 0.119 e. The Bertz CT molecular complexity index is 3860. The van der Waals surface area contributed by atoms with E-state index in [1.165, 1.54) is 77.9 Å². The minimum absolute atomic E-state index is 0.317. The van der Waals surface area contributed by atoms with Gasteiger partial charge in [-0.05, 0) is 159 Å². The fourth-order valence-corrected chi connectivity index (χ4v) is 14.0. The lowest BCUT2D eigenvalue weighted by Crippen LogP contribution is -2.31. The van der Waals surface area contributed by atoms with E-state index in [-0.39, 0.29) is 5.41 Å². The zero-order valence-corrected chi connectivity index (χ0v) is 44.5. The minimum Gasteiger partial charge on any atom is -0.494 e. The van der Waals surface area contributed by atoms with Crippen molar-refractivity contribution in [1.82, 2.24) is 4.57 Å². The Balaban J connectivity index is 0.898. The van der Waals surface area contributed by atoms with E-state index < -0.39 is 8.07 Å². The second-order valence-corrected chi connectivity index (χ2v) is 26.4. The molecule has 370 valence electrons. The zero-order chi connectivity index (χ0) is 51.6. The Morgan fingerprint density at radius 1 is 0.474 bits per heavy atom. The van der Waals surface area contributed by atoms with Crippen molar-refractivity contribution in [2.45, 2.75) is 43.4 Å². The molecule has 0 fully saturated rings. The standard InChI is InChI=1S/C72H62N2OSi/c1-5-52-27-31-54(32-28-52)56-35-43-70-66(49-56)67-50-57(36-44-71(67)74(70)60-23-14-9-15-24-60)55-33-37-61(38-34-55)73(59-21-12-8-13-22-59)62-39-42-65-64-25-16-17-26-68(64)72(69(65)51-62,58-19-10-7-11-20-58)45-18-47-76(3,4)48-46-75-63-40-29-53(6-2)30-41-63/h5-17,19-44,49-51H,1-2,18,45-48H2,3-4H3. The topological polar surface area (TPSA) is 17.4 Å². The molecule has 0 radical (unpaired) electrons. The fourth-order valence-electron chi connectivity index (χ4n) is 11.9. The van der Waals surface area contributed by atoms with Gasteiger partial charge in [0.15, 0.2) is 0 Å². The molecule has 0 spiro atoms. The van der Waals surface area contributed by atoms with Crippen LogP contribution in [0.1, 0.15) is 40.7 Å². The highest BCUT2D eigenvalue weighted by molar-refractivity contribution is 6.77. The van der Waals surface area contributed by atoms with Crippen LogP contribution in [-0.4, -0.2) is 19.2 Å². The molecule has 0 N–H and O–H groups in total. The van der Waals surface area contributed by atoms with Crippen LogP contribution in [0, 0.1) is 0 Å². The number of aromatic nitrogens is 1. The van der Waals surface area contributed by atoms with Crippen LogP contribution in [0.4, 0.5) is 17.1 Å². The van der Waals surface area contributed by atoms with E-state index in [1.807, 2.05) is 12.2 Å². The van der Waals surface area contributed by atoms with Crippen LogP contribution >= 0.6 is 0 Å². The Hall–Kier alpha value is -8.70. The van der Waals surface area contributed by atoms with Gasteiger partial charge in [-0.3, -0.25) is 0 Å². The van der Waals surface area contributed by atoms with Gasteiger partial charge >= 0.3 is 0 Å². The lowest BCUT2D eigenvalue weighted by atomic mass is 9.69. The van der Waals surface area contributed by atoms with E-state index in [1.54, 1.807) is 0 Å². The normalized spacial score (nSPS) is 13.8. The summed E-state index contributed by atoms with van der Waals surface area (Å²) in [4.78, 5) is 2.43. The molecule has 11 aromatic rings. The Kier molecular flexibility index (Phi) is 13.0. The van der Waals surface area contributed by atoms with Gasteiger partial charge in [0.2, 0.25) is 0 Å². The maximum absolute atomic E-state index is 6.30. The molecular formula is C72H62N2OSi. The number of hydrogen-bond donors (Lipinski definition) is 0. The first-order valence-corrected chi connectivity index (χ1v) is 30.2. The predicted molar refractivity (Wildman–Crippen MR) is 327 cm³/mol. The van der Waals surface area contributed by atoms with Gasteiger partial charge in [-0.25, -0.2) is 0 Å². The second kappa shape index (κ2) is 20.5. The molecule has 10 aromatic carbocycles. The van der Waals surface area contributed by atoms with E-state index >= 15 is 0 Å². The van der Waals surface area contributed by atoms with E-state index in [2.05, 4.69) is 278 Å². The maximum atomic E-state index is 6.30. The summed E-state index contributed by atoms with van der Waals surface area (Å²) >= 11 is 0. The van der Waals surface area contributed by atoms with Gasteiger partial charge in [0.05, 0.1) is 25.7 Å². The average Bonchev–Trinajstić information content (AvgIpc) is 3.96. The molecular weight excluding hydrogens is 937 g/mol. The number of hydrogen-bond acceptors (Lipinski definition) is 2. The first-order valence-electron chi connectivity index (χ1n) is 26.8. The smallest absolute Gasteiger partial charge is 0.119 e. The molecule has 0 amide bonds. The highest BCUT2D eigenvalue weighted by Gasteiger charge is 2.45. The Morgan fingerprint density at radius 2 is 0.987 bits per heavy atom. The van der Waals surface area contributed by atoms with Crippen molar-refractivity contribution in [1.29, 1.82) is 0 Å². The second-order valence-electron chi connectivity index (χ2n) is 21.1. The molecule has 76 heavy (non-hydrogen) atoms. The van der Waals surface area contributed by atoms with E-state index in [0.29, 0.717) is 0 Å². The number of rotatable bonds is 17. The minimum atomic E-state index is -1.62. The molecule has 0 saturated carbocycles. The molecule has 1 atom stereocenters. The molecule has 0 saturated heterocycles. The summed E-state index contributed by atoms with van der Waals surface area (Å²) in [7, 11) is -1.62. The molecule has 4 heteroatoms. The molecule has 0 aliphatic heterocycles. The summed E-state index contributed by atoms with van der Waals surface area (Å²) < 4.78 is 8.70. The van der Waals surface area contributed by atoms with Gasteiger partial charge in [-0.15, -0.1) is 0 Å². The summed E-state index contributed by atoms with van der Waals surface area (Å²) in [6.07, 6.45) is 5.90. The lowest BCUT2D eigenvalue weighted by molar-refractivity contribution is 0.338. The first-order chi connectivity index (χ1) is 37.3. The van der Waals surface area contributed by atoms with Gasteiger partial charge in [0, 0.05) is 38.9 Å². The third kappa shape index (κ3) is 9.09. The summed E-state index contributed by atoms with van der Waals surface area (Å²) in [6.45, 7) is 13.7. The van der Waals surface area contributed by atoms with Crippen LogP contribution in [0.2, 0.25) is 25.2 Å². The number of nitrogens with zero attached hydrogens (tertiary/aromatic N) is 2. The summed E-state index contributed by atoms with van der Waals surface area (Å²) in [5.74, 6) is 0.927. The summed E-state index contributed by atoms with van der Waals surface area (Å²) in [5.41, 5.74) is 20.3. The van der Waals surface area contributed by atoms with Crippen molar-refractivity contribution in [3.05, 3.63) is 284 Å². The van der Waals surface area contributed by atoms with Crippen LogP contribution in [0.25, 0.3) is 73.0 Å². The fraction of sp³-hybridized carbons (Fsp3) is 0.111. The van der Waals surface area contributed by atoms with Crippen LogP contribution in [0.5, 0.6) is 5.75 Å². The molecule has 0 bridgehead atoms. The van der Waals surface area contributed by atoms with E-state index in [4.69, 9.17) is 4.74 Å². The molecule has 1 heterocycles. The van der Waals surface area contributed by atoms with Crippen molar-refractivity contribution in [2.75, 3.05) is 11.5 Å². The predicted octanol–water partition coefficient (Wildman–Crippen LogP) is 19.8. The monoisotopic (exact) mass is 998 g/mol. The largest absolute Gasteiger partial charge is 0.494 e. The number of benzene rings is 10. The Morgan fingerprint density at radius 3 is 1.62 bits per heavy atom. The van der Waals surface area contributed by atoms with E-state index in [9.17, 15) is 0 Å². The van der Waals surface area contributed by atoms with Crippen LogP contribution in [-0.2, 0) is 5.41 Å². The molecule has 1 aliphatic carbocycles. The van der Waals surface area contributed by atoms with Gasteiger partial charge in [-0.2, -0.15) is 0 Å².